The summed E-state index contributed by atoms with van der Waals surface area (Å²) in [6.07, 6.45) is 0. The maximum Gasteiger partial charge on any atom is 0.225 e. The maximum absolute atomic E-state index is 11.5. The van der Waals surface area contributed by atoms with Crippen LogP contribution in [-0.2, 0) is 4.79 Å². The number of thioether (sulfide) groups is 1. The summed E-state index contributed by atoms with van der Waals surface area (Å²) in [6, 6.07) is 0.275. The fourth-order valence-electron chi connectivity index (χ4n) is 0.777. The first-order chi connectivity index (χ1) is 5.88. The zero-order chi connectivity index (χ0) is 10.5. The van der Waals surface area contributed by atoms with E-state index in [1.54, 1.807) is 0 Å². The van der Waals surface area contributed by atoms with Crippen molar-refractivity contribution in [2.24, 2.45) is 5.41 Å². The van der Waals surface area contributed by atoms with Crippen LogP contribution in [0, 0.1) is 5.41 Å². The molecular formula is C10H21NOS. The van der Waals surface area contributed by atoms with Crippen molar-refractivity contribution in [2.45, 2.75) is 40.7 Å². The normalized spacial score (nSPS) is 13.9. The lowest BCUT2D eigenvalue weighted by molar-refractivity contribution is -0.128. The van der Waals surface area contributed by atoms with Gasteiger partial charge in [-0.2, -0.15) is 11.8 Å². The first-order valence-corrected chi connectivity index (χ1v) is 5.92. The van der Waals surface area contributed by atoms with Gasteiger partial charge in [0.05, 0.1) is 0 Å². The van der Waals surface area contributed by atoms with Crippen molar-refractivity contribution in [3.05, 3.63) is 0 Å². The Labute approximate surface area is 85.9 Å². The van der Waals surface area contributed by atoms with E-state index in [9.17, 15) is 4.79 Å². The Morgan fingerprint density at radius 1 is 1.46 bits per heavy atom. The number of amides is 1. The van der Waals surface area contributed by atoms with Gasteiger partial charge in [-0.15, -0.1) is 0 Å². The Balaban J connectivity index is 3.79. The molecule has 0 radical (unpaired) electrons. The van der Waals surface area contributed by atoms with Crippen LogP contribution < -0.4 is 5.32 Å². The van der Waals surface area contributed by atoms with Crippen LogP contribution in [0.4, 0.5) is 0 Å². The molecule has 0 fully saturated rings. The molecule has 0 aromatic heterocycles. The van der Waals surface area contributed by atoms with Gasteiger partial charge < -0.3 is 5.32 Å². The first-order valence-electron chi connectivity index (χ1n) is 4.76. The van der Waals surface area contributed by atoms with Crippen molar-refractivity contribution in [1.82, 2.24) is 5.32 Å². The van der Waals surface area contributed by atoms with Crippen LogP contribution in [0.1, 0.15) is 34.6 Å². The highest BCUT2D eigenvalue weighted by atomic mass is 32.2. The maximum atomic E-state index is 11.5. The van der Waals surface area contributed by atoms with Crippen LogP contribution in [0.2, 0.25) is 0 Å². The molecule has 2 nitrogen and oxygen atoms in total. The molecule has 1 N–H and O–H groups in total. The SMILES string of the molecule is CCSCC(C)NC(=O)C(C)(C)C. The Bertz CT molecular complexity index is 163. The summed E-state index contributed by atoms with van der Waals surface area (Å²) in [5.41, 5.74) is -0.273. The predicted molar refractivity (Wildman–Crippen MR) is 60.1 cm³/mol. The Hall–Kier alpha value is -0.180. The van der Waals surface area contributed by atoms with Gasteiger partial charge in [0.2, 0.25) is 5.91 Å². The van der Waals surface area contributed by atoms with Gasteiger partial charge in [-0.3, -0.25) is 4.79 Å². The van der Waals surface area contributed by atoms with Crippen molar-refractivity contribution in [3.63, 3.8) is 0 Å². The molecule has 3 heteroatoms. The van der Waals surface area contributed by atoms with E-state index in [-0.39, 0.29) is 17.4 Å². The molecule has 0 rings (SSSR count). The smallest absolute Gasteiger partial charge is 0.225 e. The fraction of sp³-hybridized carbons (Fsp3) is 0.900. The molecule has 0 spiro atoms. The van der Waals surface area contributed by atoms with Crippen LogP contribution in [0.3, 0.4) is 0 Å². The fourth-order valence-corrected chi connectivity index (χ4v) is 1.45. The molecule has 0 bridgehead atoms. The standard InChI is InChI=1S/C10H21NOS/c1-6-13-7-8(2)11-9(12)10(3,4)5/h8H,6-7H2,1-5H3,(H,11,12). The Kier molecular flexibility index (Phi) is 5.45. The largest absolute Gasteiger partial charge is 0.352 e. The second-order valence-electron chi connectivity index (χ2n) is 4.28. The zero-order valence-electron chi connectivity index (χ0n) is 9.31. The van der Waals surface area contributed by atoms with E-state index < -0.39 is 0 Å². The second kappa shape index (κ2) is 5.53. The lowest BCUT2D eigenvalue weighted by atomic mass is 9.95. The third-order valence-electron chi connectivity index (χ3n) is 1.63. The minimum atomic E-state index is -0.273. The molecule has 0 aromatic rings. The number of carbonyl (C=O) groups is 1. The van der Waals surface area contributed by atoms with Crippen molar-refractivity contribution in [1.29, 1.82) is 0 Å². The molecule has 1 amide bonds. The van der Waals surface area contributed by atoms with Crippen molar-refractivity contribution < 1.29 is 4.79 Å². The quantitative estimate of drug-likeness (QED) is 0.759. The third kappa shape index (κ3) is 5.97. The minimum Gasteiger partial charge on any atom is -0.352 e. The number of nitrogens with one attached hydrogen (secondary N) is 1. The van der Waals surface area contributed by atoms with E-state index in [0.717, 1.165) is 11.5 Å². The average Bonchev–Trinajstić information content (AvgIpc) is 1.99. The predicted octanol–water partition coefficient (Wildman–Crippen LogP) is 2.29. The summed E-state index contributed by atoms with van der Waals surface area (Å²) < 4.78 is 0. The van der Waals surface area contributed by atoms with E-state index in [1.807, 2.05) is 39.5 Å². The van der Waals surface area contributed by atoms with Crippen LogP contribution >= 0.6 is 11.8 Å². The van der Waals surface area contributed by atoms with Crippen molar-refractivity contribution in [2.75, 3.05) is 11.5 Å². The highest BCUT2D eigenvalue weighted by molar-refractivity contribution is 7.99. The molecule has 0 aliphatic carbocycles. The van der Waals surface area contributed by atoms with E-state index in [2.05, 4.69) is 12.2 Å². The lowest BCUT2D eigenvalue weighted by Gasteiger charge is -2.21. The van der Waals surface area contributed by atoms with Gasteiger partial charge in [0.15, 0.2) is 0 Å². The summed E-state index contributed by atoms with van der Waals surface area (Å²) in [5, 5.41) is 2.99. The van der Waals surface area contributed by atoms with Gasteiger partial charge in [0.25, 0.3) is 0 Å². The third-order valence-corrected chi connectivity index (χ3v) is 2.77. The van der Waals surface area contributed by atoms with Gasteiger partial charge >= 0.3 is 0 Å². The lowest BCUT2D eigenvalue weighted by Crippen LogP contribution is -2.41. The Morgan fingerprint density at radius 2 is 2.00 bits per heavy atom. The van der Waals surface area contributed by atoms with Gasteiger partial charge in [0.1, 0.15) is 0 Å². The van der Waals surface area contributed by atoms with Gasteiger partial charge in [-0.1, -0.05) is 27.7 Å². The highest BCUT2D eigenvalue weighted by Gasteiger charge is 2.22. The Morgan fingerprint density at radius 3 is 2.38 bits per heavy atom. The number of hydrogen-bond acceptors (Lipinski definition) is 2. The van der Waals surface area contributed by atoms with Gasteiger partial charge in [0, 0.05) is 17.2 Å². The molecule has 1 unspecified atom stereocenters. The molecule has 78 valence electrons. The first kappa shape index (κ1) is 12.8. The minimum absolute atomic E-state index is 0.136. The van der Waals surface area contributed by atoms with Gasteiger partial charge in [-0.05, 0) is 12.7 Å². The summed E-state index contributed by atoms with van der Waals surface area (Å²) >= 11 is 1.85. The van der Waals surface area contributed by atoms with E-state index >= 15 is 0 Å². The molecule has 0 aliphatic heterocycles. The van der Waals surface area contributed by atoms with E-state index in [1.165, 1.54) is 0 Å². The molecule has 1 atom stereocenters. The van der Waals surface area contributed by atoms with Crippen LogP contribution in [0.25, 0.3) is 0 Å². The van der Waals surface area contributed by atoms with Gasteiger partial charge in [-0.25, -0.2) is 0 Å². The van der Waals surface area contributed by atoms with Crippen LogP contribution in [-0.4, -0.2) is 23.5 Å². The van der Waals surface area contributed by atoms with Crippen molar-refractivity contribution in [3.8, 4) is 0 Å². The summed E-state index contributed by atoms with van der Waals surface area (Å²) in [5.74, 6) is 2.24. The highest BCUT2D eigenvalue weighted by Crippen LogP contribution is 2.13. The second-order valence-corrected chi connectivity index (χ2v) is 5.60. The number of rotatable bonds is 4. The molecule has 0 saturated carbocycles. The molecule has 0 heterocycles. The topological polar surface area (TPSA) is 29.1 Å². The summed E-state index contributed by atoms with van der Waals surface area (Å²) in [6.45, 7) is 9.97. The molecule has 0 saturated heterocycles. The van der Waals surface area contributed by atoms with E-state index in [0.29, 0.717) is 0 Å². The molecule has 0 aromatic carbocycles. The van der Waals surface area contributed by atoms with Crippen LogP contribution in [0.5, 0.6) is 0 Å². The van der Waals surface area contributed by atoms with Crippen molar-refractivity contribution >= 4 is 17.7 Å². The zero-order valence-corrected chi connectivity index (χ0v) is 10.1. The van der Waals surface area contributed by atoms with Crippen LogP contribution in [0.15, 0.2) is 0 Å². The average molecular weight is 203 g/mol. The monoisotopic (exact) mass is 203 g/mol. The summed E-state index contributed by atoms with van der Waals surface area (Å²) in [7, 11) is 0. The number of hydrogen-bond donors (Lipinski definition) is 1. The molecular weight excluding hydrogens is 182 g/mol. The van der Waals surface area contributed by atoms with E-state index in [4.69, 9.17) is 0 Å². The number of carbonyl (C=O) groups excluding carboxylic acids is 1. The molecule has 0 aliphatic rings. The summed E-state index contributed by atoms with van der Waals surface area (Å²) in [4.78, 5) is 11.5. The molecule has 13 heavy (non-hydrogen) atoms.